The Bertz CT molecular complexity index is 1250. The van der Waals surface area contributed by atoms with Crippen molar-refractivity contribution < 1.29 is 4.79 Å². The number of benzene rings is 1. The average molecular weight is 421 g/mol. The molecule has 1 N–H and O–H groups in total. The monoisotopic (exact) mass is 420 g/mol. The van der Waals surface area contributed by atoms with Crippen LogP contribution in [0.25, 0.3) is 11.5 Å². The molecule has 30 heavy (non-hydrogen) atoms. The Hall–Kier alpha value is -3.78. The lowest BCUT2D eigenvalue weighted by molar-refractivity contribution is 0.0943. The molecule has 8 nitrogen and oxygen atoms in total. The van der Waals surface area contributed by atoms with Crippen LogP contribution in [-0.4, -0.2) is 30.5 Å². The first-order valence-electron chi connectivity index (χ1n) is 9.12. The number of rotatable bonds is 5. The number of halogens is 1. The first-order valence-corrected chi connectivity index (χ1v) is 9.50. The lowest BCUT2D eigenvalue weighted by atomic mass is 10.2. The van der Waals surface area contributed by atoms with E-state index in [9.17, 15) is 9.59 Å². The number of aromatic nitrogens is 5. The van der Waals surface area contributed by atoms with Crippen LogP contribution < -0.4 is 10.7 Å². The third-order valence-electron chi connectivity index (χ3n) is 4.42. The molecule has 0 bridgehead atoms. The molecule has 3 heterocycles. The first-order chi connectivity index (χ1) is 14.5. The summed E-state index contributed by atoms with van der Waals surface area (Å²) in [7, 11) is 0. The average Bonchev–Trinajstić information content (AvgIpc) is 3.28. The van der Waals surface area contributed by atoms with Gasteiger partial charge < -0.3 is 5.32 Å². The van der Waals surface area contributed by atoms with Crippen LogP contribution in [0.2, 0.25) is 5.02 Å². The first kappa shape index (κ1) is 19.5. The van der Waals surface area contributed by atoms with Crippen molar-refractivity contribution in [2.75, 3.05) is 0 Å². The molecule has 9 heteroatoms. The van der Waals surface area contributed by atoms with Crippen molar-refractivity contribution >= 4 is 17.5 Å². The Morgan fingerprint density at radius 3 is 2.67 bits per heavy atom. The molecule has 0 aliphatic rings. The molecule has 4 aromatic rings. The highest BCUT2D eigenvalue weighted by Gasteiger charge is 2.16. The Kier molecular flexibility index (Phi) is 5.40. The molecule has 1 aromatic carbocycles. The molecule has 0 aliphatic carbocycles. The van der Waals surface area contributed by atoms with E-state index in [0.717, 1.165) is 5.56 Å². The Labute approximate surface area is 176 Å². The van der Waals surface area contributed by atoms with Crippen molar-refractivity contribution in [3.8, 4) is 11.5 Å². The van der Waals surface area contributed by atoms with Gasteiger partial charge in [0.1, 0.15) is 0 Å². The summed E-state index contributed by atoms with van der Waals surface area (Å²) in [5.74, 6) is 0.0243. The van der Waals surface area contributed by atoms with Gasteiger partial charge in [-0.15, -0.1) is 0 Å². The summed E-state index contributed by atoms with van der Waals surface area (Å²) < 4.78 is 3.14. The second-order valence-corrected chi connectivity index (χ2v) is 6.94. The normalized spacial score (nSPS) is 10.7. The van der Waals surface area contributed by atoms with Crippen LogP contribution in [0, 0.1) is 6.92 Å². The third kappa shape index (κ3) is 3.99. The third-order valence-corrected chi connectivity index (χ3v) is 4.67. The zero-order valence-electron chi connectivity index (χ0n) is 16.0. The minimum Gasteiger partial charge on any atom is -0.346 e. The smallest absolute Gasteiger partial charge is 0.276 e. The summed E-state index contributed by atoms with van der Waals surface area (Å²) >= 11 is 5.94. The van der Waals surface area contributed by atoms with E-state index in [1.165, 1.54) is 10.7 Å². The topological polar surface area (TPSA) is 94.7 Å². The van der Waals surface area contributed by atoms with E-state index < -0.39 is 11.3 Å². The predicted octanol–water partition coefficient (Wildman–Crippen LogP) is 2.71. The maximum absolute atomic E-state index is 12.7. The molecule has 4 rings (SSSR count). The highest BCUT2D eigenvalue weighted by atomic mass is 35.5. The van der Waals surface area contributed by atoms with E-state index in [1.807, 2.05) is 6.07 Å². The lowest BCUT2D eigenvalue weighted by Crippen LogP contribution is -2.32. The fourth-order valence-electron chi connectivity index (χ4n) is 2.98. The molecule has 3 aromatic heterocycles. The second kappa shape index (κ2) is 8.30. The minimum absolute atomic E-state index is 0.164. The molecule has 0 atom stereocenters. The van der Waals surface area contributed by atoms with Gasteiger partial charge in [0.2, 0.25) is 5.43 Å². The summed E-state index contributed by atoms with van der Waals surface area (Å²) in [5, 5.41) is 11.8. The zero-order chi connectivity index (χ0) is 21.1. The Morgan fingerprint density at radius 1 is 1.13 bits per heavy atom. The molecule has 0 aliphatic heterocycles. The van der Waals surface area contributed by atoms with Gasteiger partial charge in [-0.25, -0.2) is 14.3 Å². The second-order valence-electron chi connectivity index (χ2n) is 6.51. The molecular weight excluding hydrogens is 404 g/mol. The van der Waals surface area contributed by atoms with Crippen LogP contribution in [0.15, 0.2) is 71.9 Å². The molecule has 0 saturated carbocycles. The van der Waals surface area contributed by atoms with Crippen LogP contribution >= 0.6 is 11.6 Å². The van der Waals surface area contributed by atoms with Crippen LogP contribution in [0.1, 0.15) is 21.7 Å². The van der Waals surface area contributed by atoms with Crippen molar-refractivity contribution in [2.45, 2.75) is 13.5 Å². The van der Waals surface area contributed by atoms with Gasteiger partial charge in [-0.3, -0.25) is 9.59 Å². The number of hydrogen-bond acceptors (Lipinski definition) is 5. The summed E-state index contributed by atoms with van der Waals surface area (Å²) in [6, 6.07) is 13.7. The van der Waals surface area contributed by atoms with Crippen molar-refractivity contribution in [2.24, 2.45) is 0 Å². The van der Waals surface area contributed by atoms with Crippen molar-refractivity contribution in [3.05, 3.63) is 99.3 Å². The molecular formula is C21H17ClN6O2. The summed E-state index contributed by atoms with van der Waals surface area (Å²) in [5.41, 5.74) is 1.40. The van der Waals surface area contributed by atoms with Gasteiger partial charge in [-0.2, -0.15) is 10.2 Å². The van der Waals surface area contributed by atoms with Gasteiger partial charge in [0.05, 0.1) is 5.69 Å². The molecule has 0 saturated heterocycles. The van der Waals surface area contributed by atoms with E-state index in [4.69, 9.17) is 11.6 Å². The number of carbonyl (C=O) groups is 1. The number of carbonyl (C=O) groups excluding carboxylic acids is 1. The van der Waals surface area contributed by atoms with Crippen LogP contribution in [0.3, 0.4) is 0 Å². The van der Waals surface area contributed by atoms with E-state index >= 15 is 0 Å². The van der Waals surface area contributed by atoms with Crippen molar-refractivity contribution in [1.82, 2.24) is 29.9 Å². The molecule has 0 spiro atoms. The molecule has 0 radical (unpaired) electrons. The number of hydrogen-bond donors (Lipinski definition) is 1. The lowest BCUT2D eigenvalue weighted by Gasteiger charge is -2.12. The van der Waals surface area contributed by atoms with Crippen LogP contribution in [0.4, 0.5) is 0 Å². The predicted molar refractivity (Wildman–Crippen MR) is 112 cm³/mol. The SMILES string of the molecule is Cc1cc(=O)c(C(=O)NCc2cccnc2-n2cccn2)nn1-c1ccc(Cl)cc1. The van der Waals surface area contributed by atoms with Crippen molar-refractivity contribution in [1.29, 1.82) is 0 Å². The standard InChI is InChI=1S/C21H17ClN6O2/c1-14-12-18(29)19(26-28(14)17-7-5-16(22)6-8-17)21(30)24-13-15-4-2-9-23-20(15)27-11-3-10-25-27/h2-12H,13H2,1H3,(H,24,30). The van der Waals surface area contributed by atoms with Gasteiger partial charge in [0.25, 0.3) is 5.91 Å². The number of pyridine rings is 1. The van der Waals surface area contributed by atoms with E-state index in [0.29, 0.717) is 22.2 Å². The zero-order valence-corrected chi connectivity index (χ0v) is 16.7. The van der Waals surface area contributed by atoms with Gasteiger partial charge in [-0.05, 0) is 43.3 Å². The molecule has 150 valence electrons. The van der Waals surface area contributed by atoms with E-state index in [1.54, 1.807) is 66.6 Å². The Morgan fingerprint density at radius 2 is 1.93 bits per heavy atom. The quantitative estimate of drug-likeness (QED) is 0.535. The van der Waals surface area contributed by atoms with Gasteiger partial charge >= 0.3 is 0 Å². The number of nitrogens with one attached hydrogen (secondary N) is 1. The summed E-state index contributed by atoms with van der Waals surface area (Å²) in [6.07, 6.45) is 5.06. The van der Waals surface area contributed by atoms with Crippen LogP contribution in [-0.2, 0) is 6.54 Å². The summed E-state index contributed by atoms with van der Waals surface area (Å²) in [6.45, 7) is 1.91. The Balaban J connectivity index is 1.60. The fraction of sp³-hybridized carbons (Fsp3) is 0.0952. The van der Waals surface area contributed by atoms with Crippen LogP contribution in [0.5, 0.6) is 0 Å². The van der Waals surface area contributed by atoms with E-state index in [-0.39, 0.29) is 12.2 Å². The number of aryl methyl sites for hydroxylation is 1. The van der Waals surface area contributed by atoms with Gasteiger partial charge in [0, 0.05) is 47.5 Å². The van der Waals surface area contributed by atoms with Crippen molar-refractivity contribution in [3.63, 3.8) is 0 Å². The minimum atomic E-state index is -0.571. The number of amides is 1. The highest BCUT2D eigenvalue weighted by Crippen LogP contribution is 2.14. The fourth-order valence-corrected chi connectivity index (χ4v) is 3.10. The molecule has 0 fully saturated rings. The van der Waals surface area contributed by atoms with Gasteiger partial charge in [-0.1, -0.05) is 17.7 Å². The molecule has 0 unspecified atom stereocenters. The van der Waals surface area contributed by atoms with Gasteiger partial charge in [0.15, 0.2) is 11.5 Å². The number of nitrogens with zero attached hydrogens (tertiary/aromatic N) is 5. The summed E-state index contributed by atoms with van der Waals surface area (Å²) in [4.78, 5) is 29.5. The maximum Gasteiger partial charge on any atom is 0.276 e. The van der Waals surface area contributed by atoms with E-state index in [2.05, 4.69) is 20.5 Å². The largest absolute Gasteiger partial charge is 0.346 e. The highest BCUT2D eigenvalue weighted by molar-refractivity contribution is 6.30. The molecule has 1 amide bonds. The maximum atomic E-state index is 12.7.